The number of methoxy groups -OCH3 is 2. The molecule has 1 aliphatic carbocycles. The molecule has 0 spiro atoms. The van der Waals surface area contributed by atoms with Crippen LogP contribution in [0.2, 0.25) is 0 Å². The molecule has 8 heteroatoms. The SMILES string of the molecule is COc1ccc(-c2n[nH]c(C3CC3)c2NC(=O)Nc2ccccc2F)c(OC)c1. The van der Waals surface area contributed by atoms with E-state index in [-0.39, 0.29) is 5.69 Å². The number of H-pyrrole nitrogens is 1. The second-order valence-corrected chi connectivity index (χ2v) is 6.76. The molecule has 0 aliphatic heterocycles. The maximum atomic E-state index is 13.9. The molecule has 4 rings (SSSR count). The number of urea groups is 1. The highest BCUT2D eigenvalue weighted by Crippen LogP contribution is 2.46. The number of carbonyl (C=O) groups is 1. The number of carbonyl (C=O) groups excluding carboxylic acids is 1. The van der Waals surface area contributed by atoms with Gasteiger partial charge in [-0.15, -0.1) is 0 Å². The molecule has 2 aromatic carbocycles. The molecule has 3 N–H and O–H groups in total. The van der Waals surface area contributed by atoms with Gasteiger partial charge >= 0.3 is 6.03 Å². The zero-order valence-electron chi connectivity index (χ0n) is 16.1. The molecule has 29 heavy (non-hydrogen) atoms. The maximum absolute atomic E-state index is 13.9. The van der Waals surface area contributed by atoms with Crippen molar-refractivity contribution >= 4 is 17.4 Å². The fourth-order valence-corrected chi connectivity index (χ4v) is 3.17. The lowest BCUT2D eigenvalue weighted by atomic mass is 10.1. The second kappa shape index (κ2) is 7.83. The van der Waals surface area contributed by atoms with E-state index in [9.17, 15) is 9.18 Å². The number of aromatic amines is 1. The Kier molecular flexibility index (Phi) is 5.07. The first kappa shape index (κ1) is 18.8. The Balaban J connectivity index is 1.67. The number of nitrogens with one attached hydrogen (secondary N) is 3. The molecule has 0 bridgehead atoms. The minimum atomic E-state index is -0.549. The lowest BCUT2D eigenvalue weighted by Crippen LogP contribution is -2.21. The normalized spacial score (nSPS) is 13.1. The van der Waals surface area contributed by atoms with Gasteiger partial charge < -0.3 is 20.1 Å². The molecular weight excluding hydrogens is 375 g/mol. The number of benzene rings is 2. The first-order chi connectivity index (χ1) is 14.1. The van der Waals surface area contributed by atoms with Crippen LogP contribution in [0.5, 0.6) is 11.5 Å². The van der Waals surface area contributed by atoms with Crippen molar-refractivity contribution in [3.05, 3.63) is 54.0 Å². The summed E-state index contributed by atoms with van der Waals surface area (Å²) < 4.78 is 24.6. The van der Waals surface area contributed by atoms with Crippen molar-refractivity contribution in [1.29, 1.82) is 0 Å². The van der Waals surface area contributed by atoms with Gasteiger partial charge in [0, 0.05) is 17.5 Å². The van der Waals surface area contributed by atoms with Crippen LogP contribution in [-0.4, -0.2) is 30.4 Å². The summed E-state index contributed by atoms with van der Waals surface area (Å²) in [6, 6.07) is 10.8. The minimum absolute atomic E-state index is 0.102. The van der Waals surface area contributed by atoms with Gasteiger partial charge in [0.1, 0.15) is 23.0 Å². The Bertz CT molecular complexity index is 1050. The quantitative estimate of drug-likeness (QED) is 0.561. The van der Waals surface area contributed by atoms with Gasteiger partial charge in [-0.25, -0.2) is 9.18 Å². The standard InChI is InChI=1S/C21H21FN4O3/c1-28-13-9-10-14(17(11-13)29-2)19-20(18(25-26-19)12-7-8-12)24-21(27)23-16-6-4-3-5-15(16)22/h3-6,9-12H,7-8H2,1-2H3,(H,25,26)(H2,23,24,27). The molecule has 0 unspecified atom stereocenters. The lowest BCUT2D eigenvalue weighted by Gasteiger charge is -2.13. The molecule has 2 amide bonds. The molecule has 1 fully saturated rings. The van der Waals surface area contributed by atoms with Crippen LogP contribution in [-0.2, 0) is 0 Å². The predicted molar refractivity (Wildman–Crippen MR) is 108 cm³/mol. The average molecular weight is 396 g/mol. The number of hydrogen-bond donors (Lipinski definition) is 3. The molecule has 1 aromatic heterocycles. The lowest BCUT2D eigenvalue weighted by molar-refractivity contribution is 0.262. The molecule has 3 aromatic rings. The van der Waals surface area contributed by atoms with E-state index >= 15 is 0 Å². The zero-order valence-corrected chi connectivity index (χ0v) is 16.1. The van der Waals surface area contributed by atoms with Gasteiger partial charge in [0.15, 0.2) is 0 Å². The van der Waals surface area contributed by atoms with E-state index < -0.39 is 11.8 Å². The van der Waals surface area contributed by atoms with E-state index in [1.807, 2.05) is 6.07 Å². The monoisotopic (exact) mass is 396 g/mol. The second-order valence-electron chi connectivity index (χ2n) is 6.76. The number of anilines is 2. The van der Waals surface area contributed by atoms with Crippen molar-refractivity contribution in [3.8, 4) is 22.8 Å². The molecule has 150 valence electrons. The zero-order chi connectivity index (χ0) is 20.4. The highest BCUT2D eigenvalue weighted by Gasteiger charge is 2.31. The number of amides is 2. The van der Waals surface area contributed by atoms with Gasteiger partial charge in [0.2, 0.25) is 0 Å². The number of ether oxygens (including phenoxy) is 2. The Morgan fingerprint density at radius 2 is 1.93 bits per heavy atom. The summed E-state index contributed by atoms with van der Waals surface area (Å²) in [7, 11) is 3.14. The fourth-order valence-electron chi connectivity index (χ4n) is 3.17. The van der Waals surface area contributed by atoms with Crippen molar-refractivity contribution in [2.45, 2.75) is 18.8 Å². The molecule has 1 heterocycles. The Morgan fingerprint density at radius 1 is 1.14 bits per heavy atom. The third kappa shape index (κ3) is 3.87. The Labute approximate surface area is 167 Å². The van der Waals surface area contributed by atoms with Crippen LogP contribution < -0.4 is 20.1 Å². The smallest absolute Gasteiger partial charge is 0.323 e. The van der Waals surface area contributed by atoms with Crippen LogP contribution in [0.15, 0.2) is 42.5 Å². The van der Waals surface area contributed by atoms with Crippen molar-refractivity contribution in [3.63, 3.8) is 0 Å². The van der Waals surface area contributed by atoms with Crippen LogP contribution in [0.4, 0.5) is 20.6 Å². The van der Waals surface area contributed by atoms with Crippen molar-refractivity contribution in [2.24, 2.45) is 0 Å². The third-order valence-electron chi connectivity index (χ3n) is 4.80. The maximum Gasteiger partial charge on any atom is 0.323 e. The number of aromatic nitrogens is 2. The topological polar surface area (TPSA) is 88.3 Å². The van der Waals surface area contributed by atoms with E-state index in [1.165, 1.54) is 12.1 Å². The number of nitrogens with zero attached hydrogens (tertiary/aromatic N) is 1. The summed E-state index contributed by atoms with van der Waals surface area (Å²) >= 11 is 0. The Morgan fingerprint density at radius 3 is 2.62 bits per heavy atom. The van der Waals surface area contributed by atoms with Crippen LogP contribution in [0.3, 0.4) is 0 Å². The van der Waals surface area contributed by atoms with E-state index in [2.05, 4.69) is 20.8 Å². The van der Waals surface area contributed by atoms with Crippen LogP contribution in [0.1, 0.15) is 24.5 Å². The van der Waals surface area contributed by atoms with Gasteiger partial charge in [0.25, 0.3) is 0 Å². The minimum Gasteiger partial charge on any atom is -0.497 e. The van der Waals surface area contributed by atoms with Crippen molar-refractivity contribution in [1.82, 2.24) is 10.2 Å². The van der Waals surface area contributed by atoms with E-state index in [1.54, 1.807) is 38.5 Å². The van der Waals surface area contributed by atoms with Crippen LogP contribution in [0.25, 0.3) is 11.3 Å². The van der Waals surface area contributed by atoms with Crippen LogP contribution >= 0.6 is 0 Å². The van der Waals surface area contributed by atoms with Gasteiger partial charge in [-0.2, -0.15) is 5.10 Å². The first-order valence-electron chi connectivity index (χ1n) is 9.24. The number of para-hydroxylation sites is 1. The molecule has 0 radical (unpaired) electrons. The van der Waals surface area contributed by atoms with E-state index in [0.717, 1.165) is 18.5 Å². The average Bonchev–Trinajstić information content (AvgIpc) is 3.50. The molecule has 7 nitrogen and oxygen atoms in total. The van der Waals surface area contributed by atoms with Gasteiger partial charge in [-0.05, 0) is 37.1 Å². The van der Waals surface area contributed by atoms with Gasteiger partial charge in [-0.1, -0.05) is 12.1 Å². The first-order valence-corrected chi connectivity index (χ1v) is 9.24. The molecule has 1 saturated carbocycles. The number of halogens is 1. The van der Waals surface area contributed by atoms with E-state index in [0.29, 0.717) is 34.4 Å². The largest absolute Gasteiger partial charge is 0.497 e. The van der Waals surface area contributed by atoms with Gasteiger partial charge in [-0.3, -0.25) is 5.10 Å². The van der Waals surface area contributed by atoms with E-state index in [4.69, 9.17) is 9.47 Å². The Hall–Kier alpha value is -3.55. The van der Waals surface area contributed by atoms with Crippen LogP contribution in [0, 0.1) is 5.82 Å². The summed E-state index contributed by atoms with van der Waals surface area (Å²) in [5.41, 5.74) is 2.77. The van der Waals surface area contributed by atoms with Crippen molar-refractivity contribution < 1.29 is 18.7 Å². The summed E-state index contributed by atoms with van der Waals surface area (Å²) in [5.74, 6) is 1.02. The fraction of sp³-hybridized carbons (Fsp3) is 0.238. The summed E-state index contributed by atoms with van der Waals surface area (Å²) in [6.07, 6.45) is 2.04. The third-order valence-corrected chi connectivity index (χ3v) is 4.80. The highest BCUT2D eigenvalue weighted by atomic mass is 19.1. The number of rotatable bonds is 6. The molecule has 0 atom stereocenters. The molecular formula is C21H21FN4O3. The summed E-state index contributed by atoms with van der Waals surface area (Å²) in [5, 5.41) is 12.8. The number of hydrogen-bond acceptors (Lipinski definition) is 4. The van der Waals surface area contributed by atoms with Gasteiger partial charge in [0.05, 0.1) is 31.3 Å². The summed E-state index contributed by atoms with van der Waals surface area (Å²) in [4.78, 5) is 12.6. The van der Waals surface area contributed by atoms with Crippen molar-refractivity contribution in [2.75, 3.05) is 24.9 Å². The highest BCUT2D eigenvalue weighted by molar-refractivity contribution is 6.03. The summed E-state index contributed by atoms with van der Waals surface area (Å²) in [6.45, 7) is 0. The predicted octanol–water partition coefficient (Wildman–Crippen LogP) is 4.75. The molecule has 0 saturated heterocycles. The molecule has 1 aliphatic rings.